The lowest BCUT2D eigenvalue weighted by Crippen LogP contribution is -2.45. The van der Waals surface area contributed by atoms with Gasteiger partial charge in [-0.05, 0) is 26.7 Å². The molecule has 0 aliphatic heterocycles. The van der Waals surface area contributed by atoms with E-state index in [-0.39, 0.29) is 24.1 Å². The first-order valence-electron chi connectivity index (χ1n) is 5.73. The van der Waals surface area contributed by atoms with Gasteiger partial charge in [0.15, 0.2) is 0 Å². The maximum Gasteiger partial charge on any atom is 0.315 e. The maximum absolute atomic E-state index is 11.4. The highest BCUT2D eigenvalue weighted by Gasteiger charge is 2.33. The zero-order valence-corrected chi connectivity index (χ0v) is 9.68. The normalized spacial score (nSPS) is 19.2. The fourth-order valence-corrected chi connectivity index (χ4v) is 2.10. The third kappa shape index (κ3) is 3.70. The van der Waals surface area contributed by atoms with Gasteiger partial charge < -0.3 is 15.7 Å². The minimum absolute atomic E-state index is 0.0612. The average molecular weight is 214 g/mol. The molecule has 0 radical (unpaired) electrons. The molecule has 0 aromatic carbocycles. The summed E-state index contributed by atoms with van der Waals surface area (Å²) in [7, 11) is 0. The summed E-state index contributed by atoms with van der Waals surface area (Å²) in [5.74, 6) is 0. The second-order valence-electron chi connectivity index (χ2n) is 4.85. The molecule has 4 heteroatoms. The Bertz CT molecular complexity index is 211. The van der Waals surface area contributed by atoms with Crippen LogP contribution in [-0.2, 0) is 0 Å². The zero-order chi connectivity index (χ0) is 11.3. The first-order chi connectivity index (χ1) is 7.08. The summed E-state index contributed by atoms with van der Waals surface area (Å²) in [5.41, 5.74) is -0.0612. The van der Waals surface area contributed by atoms with Gasteiger partial charge >= 0.3 is 6.03 Å². The van der Waals surface area contributed by atoms with Gasteiger partial charge in [0.25, 0.3) is 0 Å². The molecule has 0 atom stereocenters. The van der Waals surface area contributed by atoms with E-state index in [1.807, 2.05) is 13.8 Å². The molecule has 1 saturated carbocycles. The van der Waals surface area contributed by atoms with Crippen molar-refractivity contribution in [2.75, 3.05) is 13.2 Å². The molecule has 0 bridgehead atoms. The van der Waals surface area contributed by atoms with Gasteiger partial charge in [0.1, 0.15) is 0 Å². The highest BCUT2D eigenvalue weighted by molar-refractivity contribution is 5.74. The van der Waals surface area contributed by atoms with Crippen LogP contribution < -0.4 is 10.6 Å². The van der Waals surface area contributed by atoms with Gasteiger partial charge in [0.05, 0.1) is 6.61 Å². The van der Waals surface area contributed by atoms with Crippen molar-refractivity contribution >= 4 is 6.03 Å². The van der Waals surface area contributed by atoms with Crippen molar-refractivity contribution in [2.24, 2.45) is 5.41 Å². The molecule has 1 fully saturated rings. The van der Waals surface area contributed by atoms with Crippen LogP contribution >= 0.6 is 0 Å². The van der Waals surface area contributed by atoms with E-state index >= 15 is 0 Å². The standard InChI is InChI=1S/C11H22N2O2/c1-9(2)13-10(15)12-7-11(8-14)5-3-4-6-11/h9,14H,3-8H2,1-2H3,(H2,12,13,15). The zero-order valence-electron chi connectivity index (χ0n) is 9.68. The number of aliphatic hydroxyl groups is 1. The lowest BCUT2D eigenvalue weighted by molar-refractivity contribution is 0.129. The van der Waals surface area contributed by atoms with Gasteiger partial charge in [0.2, 0.25) is 0 Å². The number of aliphatic hydroxyl groups excluding tert-OH is 1. The molecule has 1 aliphatic carbocycles. The molecular weight excluding hydrogens is 192 g/mol. The van der Waals surface area contributed by atoms with Crippen molar-refractivity contribution in [3.8, 4) is 0 Å². The van der Waals surface area contributed by atoms with Crippen LogP contribution in [0.15, 0.2) is 0 Å². The van der Waals surface area contributed by atoms with Crippen molar-refractivity contribution < 1.29 is 9.90 Å². The Labute approximate surface area is 91.4 Å². The smallest absolute Gasteiger partial charge is 0.315 e. The molecule has 0 aromatic rings. The molecule has 0 aromatic heterocycles. The average Bonchev–Trinajstić information content (AvgIpc) is 2.63. The summed E-state index contributed by atoms with van der Waals surface area (Å²) < 4.78 is 0. The van der Waals surface area contributed by atoms with Crippen LogP contribution in [0.4, 0.5) is 4.79 Å². The molecule has 88 valence electrons. The predicted octanol–water partition coefficient (Wildman–Crippen LogP) is 1.25. The van der Waals surface area contributed by atoms with Crippen LogP contribution in [0.5, 0.6) is 0 Å². The summed E-state index contributed by atoms with van der Waals surface area (Å²) in [6.07, 6.45) is 4.36. The van der Waals surface area contributed by atoms with Crippen LogP contribution in [0, 0.1) is 5.41 Å². The first-order valence-corrected chi connectivity index (χ1v) is 5.73. The van der Waals surface area contributed by atoms with E-state index in [1.54, 1.807) is 0 Å². The molecule has 15 heavy (non-hydrogen) atoms. The minimum Gasteiger partial charge on any atom is -0.396 e. The summed E-state index contributed by atoms with van der Waals surface area (Å²) in [6, 6.07) is 0.0170. The third-order valence-electron chi connectivity index (χ3n) is 3.04. The summed E-state index contributed by atoms with van der Waals surface area (Å²) in [5, 5.41) is 15.0. The van der Waals surface area contributed by atoms with E-state index in [9.17, 15) is 9.90 Å². The number of carbonyl (C=O) groups is 1. The molecule has 0 unspecified atom stereocenters. The van der Waals surface area contributed by atoms with E-state index in [2.05, 4.69) is 10.6 Å². The summed E-state index contributed by atoms with van der Waals surface area (Å²) in [4.78, 5) is 11.4. The Kier molecular flexibility index (Phi) is 4.39. The molecular formula is C11H22N2O2. The molecule has 0 heterocycles. The number of carbonyl (C=O) groups excluding carboxylic acids is 1. The molecule has 4 nitrogen and oxygen atoms in total. The second-order valence-corrected chi connectivity index (χ2v) is 4.85. The Morgan fingerprint density at radius 2 is 2.00 bits per heavy atom. The van der Waals surface area contributed by atoms with Crippen LogP contribution in [0.25, 0.3) is 0 Å². The highest BCUT2D eigenvalue weighted by atomic mass is 16.3. The van der Waals surface area contributed by atoms with Crippen LogP contribution in [0.2, 0.25) is 0 Å². The van der Waals surface area contributed by atoms with E-state index < -0.39 is 0 Å². The summed E-state index contributed by atoms with van der Waals surface area (Å²) in [6.45, 7) is 4.62. The number of amides is 2. The second kappa shape index (κ2) is 5.35. The Morgan fingerprint density at radius 1 is 1.40 bits per heavy atom. The van der Waals surface area contributed by atoms with Gasteiger partial charge in [-0.1, -0.05) is 12.8 Å². The highest BCUT2D eigenvalue weighted by Crippen LogP contribution is 2.36. The third-order valence-corrected chi connectivity index (χ3v) is 3.04. The number of hydrogen-bond acceptors (Lipinski definition) is 2. The Morgan fingerprint density at radius 3 is 2.47 bits per heavy atom. The lowest BCUT2D eigenvalue weighted by Gasteiger charge is -2.26. The Balaban J connectivity index is 2.31. The lowest BCUT2D eigenvalue weighted by atomic mass is 9.87. The van der Waals surface area contributed by atoms with Gasteiger partial charge in [-0.2, -0.15) is 0 Å². The summed E-state index contributed by atoms with van der Waals surface area (Å²) >= 11 is 0. The topological polar surface area (TPSA) is 61.4 Å². The van der Waals surface area contributed by atoms with Crippen molar-refractivity contribution in [2.45, 2.75) is 45.6 Å². The first kappa shape index (κ1) is 12.3. The maximum atomic E-state index is 11.4. The van der Waals surface area contributed by atoms with Crippen LogP contribution in [0.3, 0.4) is 0 Å². The molecule has 3 N–H and O–H groups in total. The van der Waals surface area contributed by atoms with Gasteiger partial charge in [-0.25, -0.2) is 4.79 Å². The van der Waals surface area contributed by atoms with Crippen molar-refractivity contribution in [3.05, 3.63) is 0 Å². The van der Waals surface area contributed by atoms with E-state index in [0.29, 0.717) is 6.54 Å². The van der Waals surface area contributed by atoms with E-state index in [4.69, 9.17) is 0 Å². The fraction of sp³-hybridized carbons (Fsp3) is 0.909. The number of urea groups is 1. The number of nitrogens with one attached hydrogen (secondary N) is 2. The molecule has 1 aliphatic rings. The van der Waals surface area contributed by atoms with Gasteiger partial charge in [-0.3, -0.25) is 0 Å². The number of rotatable bonds is 4. The van der Waals surface area contributed by atoms with Crippen molar-refractivity contribution in [3.63, 3.8) is 0 Å². The number of hydrogen-bond donors (Lipinski definition) is 3. The molecule has 1 rings (SSSR count). The van der Waals surface area contributed by atoms with Crippen LogP contribution in [-0.4, -0.2) is 30.3 Å². The van der Waals surface area contributed by atoms with Gasteiger partial charge in [-0.15, -0.1) is 0 Å². The van der Waals surface area contributed by atoms with Crippen molar-refractivity contribution in [1.82, 2.24) is 10.6 Å². The SMILES string of the molecule is CC(C)NC(=O)NCC1(CO)CCCC1. The predicted molar refractivity (Wildman–Crippen MR) is 59.7 cm³/mol. The largest absolute Gasteiger partial charge is 0.396 e. The van der Waals surface area contributed by atoms with Crippen molar-refractivity contribution in [1.29, 1.82) is 0 Å². The van der Waals surface area contributed by atoms with E-state index in [0.717, 1.165) is 25.7 Å². The van der Waals surface area contributed by atoms with E-state index in [1.165, 1.54) is 0 Å². The minimum atomic E-state index is -0.135. The monoisotopic (exact) mass is 214 g/mol. The quantitative estimate of drug-likeness (QED) is 0.659. The Hall–Kier alpha value is -0.770. The van der Waals surface area contributed by atoms with Crippen LogP contribution in [0.1, 0.15) is 39.5 Å². The molecule has 2 amide bonds. The van der Waals surface area contributed by atoms with Gasteiger partial charge in [0, 0.05) is 18.0 Å². The molecule has 0 spiro atoms. The fourth-order valence-electron chi connectivity index (χ4n) is 2.10. The molecule has 0 saturated heterocycles.